The highest BCUT2D eigenvalue weighted by Gasteiger charge is 2.20. The Labute approximate surface area is 104 Å². The monoisotopic (exact) mass is 236 g/mol. The van der Waals surface area contributed by atoms with Gasteiger partial charge < -0.3 is 10.4 Å². The fourth-order valence-corrected chi connectivity index (χ4v) is 1.78. The molecule has 0 radical (unpaired) electrons. The summed E-state index contributed by atoms with van der Waals surface area (Å²) in [6, 6.07) is 3.91. The zero-order valence-corrected chi connectivity index (χ0v) is 11.1. The highest BCUT2D eigenvalue weighted by molar-refractivity contribution is 5.11. The third-order valence-corrected chi connectivity index (χ3v) is 2.70. The lowest BCUT2D eigenvalue weighted by Gasteiger charge is -2.23. The molecule has 3 heteroatoms. The van der Waals surface area contributed by atoms with Crippen LogP contribution in [0, 0.1) is 5.92 Å². The molecule has 0 aromatic carbocycles. The second kappa shape index (κ2) is 6.72. The average Bonchev–Trinajstić information content (AvgIpc) is 2.25. The Morgan fingerprint density at radius 1 is 1.47 bits per heavy atom. The summed E-state index contributed by atoms with van der Waals surface area (Å²) in [6.07, 6.45) is 4.98. The first-order valence-corrected chi connectivity index (χ1v) is 6.31. The van der Waals surface area contributed by atoms with Crippen LogP contribution in [0.4, 0.5) is 0 Å². The van der Waals surface area contributed by atoms with Crippen LogP contribution in [0.3, 0.4) is 0 Å². The molecule has 0 saturated carbocycles. The van der Waals surface area contributed by atoms with E-state index in [4.69, 9.17) is 0 Å². The van der Waals surface area contributed by atoms with Gasteiger partial charge in [0, 0.05) is 18.8 Å². The molecular weight excluding hydrogens is 212 g/mol. The van der Waals surface area contributed by atoms with Crippen LogP contribution in [-0.2, 0) is 6.42 Å². The maximum Gasteiger partial charge on any atom is 0.0672 e. The summed E-state index contributed by atoms with van der Waals surface area (Å²) in [5.74, 6) is 0.651. The van der Waals surface area contributed by atoms with Gasteiger partial charge in [-0.3, -0.25) is 4.98 Å². The summed E-state index contributed by atoms with van der Waals surface area (Å²) in [5.41, 5.74) is 0.425. The van der Waals surface area contributed by atoms with E-state index in [0.717, 1.165) is 25.1 Å². The van der Waals surface area contributed by atoms with Gasteiger partial charge in [0.15, 0.2) is 0 Å². The quantitative estimate of drug-likeness (QED) is 0.712. The predicted octanol–water partition coefficient (Wildman–Crippen LogP) is 2.01. The molecule has 1 atom stereocenters. The topological polar surface area (TPSA) is 45.1 Å². The number of nitrogens with zero attached hydrogens (tertiary/aromatic N) is 1. The van der Waals surface area contributed by atoms with Crippen LogP contribution < -0.4 is 5.32 Å². The summed E-state index contributed by atoms with van der Waals surface area (Å²) in [4.78, 5) is 4.06. The summed E-state index contributed by atoms with van der Waals surface area (Å²) < 4.78 is 0. The molecule has 17 heavy (non-hydrogen) atoms. The SMILES string of the molecule is CC(C)CNCCC(C)(O)Cc1cccnc1. The lowest BCUT2D eigenvalue weighted by atomic mass is 9.94. The smallest absolute Gasteiger partial charge is 0.0672 e. The summed E-state index contributed by atoms with van der Waals surface area (Å²) >= 11 is 0. The number of aliphatic hydroxyl groups is 1. The maximum atomic E-state index is 10.3. The van der Waals surface area contributed by atoms with Gasteiger partial charge in [-0.2, -0.15) is 0 Å². The molecule has 0 amide bonds. The average molecular weight is 236 g/mol. The molecule has 1 heterocycles. The number of hydrogen-bond donors (Lipinski definition) is 2. The predicted molar refractivity (Wildman–Crippen MR) is 70.9 cm³/mol. The van der Waals surface area contributed by atoms with Crippen molar-refractivity contribution in [1.29, 1.82) is 0 Å². The van der Waals surface area contributed by atoms with Crippen LogP contribution in [0.25, 0.3) is 0 Å². The fourth-order valence-electron chi connectivity index (χ4n) is 1.78. The number of pyridine rings is 1. The molecule has 3 nitrogen and oxygen atoms in total. The minimum atomic E-state index is -0.660. The zero-order chi connectivity index (χ0) is 12.7. The van der Waals surface area contributed by atoms with Crippen molar-refractivity contribution >= 4 is 0 Å². The third kappa shape index (κ3) is 6.39. The van der Waals surface area contributed by atoms with Gasteiger partial charge in [0.2, 0.25) is 0 Å². The molecule has 1 rings (SSSR count). The van der Waals surface area contributed by atoms with Crippen LogP contribution in [-0.4, -0.2) is 28.8 Å². The van der Waals surface area contributed by atoms with E-state index >= 15 is 0 Å². The highest BCUT2D eigenvalue weighted by atomic mass is 16.3. The molecule has 1 aromatic rings. The van der Waals surface area contributed by atoms with Crippen molar-refractivity contribution in [3.63, 3.8) is 0 Å². The first kappa shape index (κ1) is 14.1. The Balaban J connectivity index is 2.31. The standard InChI is InChI=1S/C14H24N2O/c1-12(2)10-16-8-6-14(3,17)9-13-5-4-7-15-11-13/h4-5,7,11-12,16-17H,6,8-10H2,1-3H3. The first-order valence-electron chi connectivity index (χ1n) is 6.31. The van der Waals surface area contributed by atoms with Crippen molar-refractivity contribution < 1.29 is 5.11 Å². The molecule has 1 unspecified atom stereocenters. The van der Waals surface area contributed by atoms with E-state index in [2.05, 4.69) is 24.1 Å². The van der Waals surface area contributed by atoms with E-state index in [1.807, 2.05) is 25.3 Å². The molecule has 0 aliphatic rings. The second-order valence-corrected chi connectivity index (χ2v) is 5.38. The highest BCUT2D eigenvalue weighted by Crippen LogP contribution is 2.15. The minimum absolute atomic E-state index is 0.651. The molecule has 0 aliphatic carbocycles. The van der Waals surface area contributed by atoms with E-state index in [1.165, 1.54) is 0 Å². The Morgan fingerprint density at radius 3 is 2.82 bits per heavy atom. The summed E-state index contributed by atoms with van der Waals surface area (Å²) in [6.45, 7) is 8.10. The van der Waals surface area contributed by atoms with E-state index in [9.17, 15) is 5.11 Å². The van der Waals surface area contributed by atoms with Crippen LogP contribution >= 0.6 is 0 Å². The lowest BCUT2D eigenvalue weighted by molar-refractivity contribution is 0.0513. The van der Waals surface area contributed by atoms with Crippen molar-refractivity contribution in [2.45, 2.75) is 39.2 Å². The molecule has 0 saturated heterocycles. The van der Waals surface area contributed by atoms with Gasteiger partial charge in [-0.05, 0) is 44.0 Å². The maximum absolute atomic E-state index is 10.3. The number of rotatable bonds is 7. The van der Waals surface area contributed by atoms with Crippen molar-refractivity contribution in [3.05, 3.63) is 30.1 Å². The van der Waals surface area contributed by atoms with Gasteiger partial charge >= 0.3 is 0 Å². The van der Waals surface area contributed by atoms with E-state index in [-0.39, 0.29) is 0 Å². The van der Waals surface area contributed by atoms with Gasteiger partial charge in [-0.15, -0.1) is 0 Å². The molecule has 0 aliphatic heterocycles. The summed E-state index contributed by atoms with van der Waals surface area (Å²) in [5, 5.41) is 13.6. The van der Waals surface area contributed by atoms with Crippen LogP contribution in [0.5, 0.6) is 0 Å². The van der Waals surface area contributed by atoms with Crippen LogP contribution in [0.1, 0.15) is 32.8 Å². The molecule has 0 bridgehead atoms. The summed E-state index contributed by atoms with van der Waals surface area (Å²) in [7, 11) is 0. The number of aromatic nitrogens is 1. The van der Waals surface area contributed by atoms with Crippen molar-refractivity contribution in [2.75, 3.05) is 13.1 Å². The van der Waals surface area contributed by atoms with Gasteiger partial charge in [-0.1, -0.05) is 19.9 Å². The molecule has 96 valence electrons. The normalized spacial score (nSPS) is 14.9. The van der Waals surface area contributed by atoms with E-state index < -0.39 is 5.60 Å². The molecule has 1 aromatic heterocycles. The van der Waals surface area contributed by atoms with Crippen molar-refractivity contribution in [1.82, 2.24) is 10.3 Å². The lowest BCUT2D eigenvalue weighted by Crippen LogP contribution is -2.33. The van der Waals surface area contributed by atoms with E-state index in [0.29, 0.717) is 12.3 Å². The van der Waals surface area contributed by atoms with Gasteiger partial charge in [0.1, 0.15) is 0 Å². The molecule has 0 fully saturated rings. The third-order valence-electron chi connectivity index (χ3n) is 2.70. The molecule has 0 spiro atoms. The Hall–Kier alpha value is -0.930. The minimum Gasteiger partial charge on any atom is -0.390 e. The Bertz CT molecular complexity index is 309. The Morgan fingerprint density at radius 2 is 2.24 bits per heavy atom. The Kier molecular flexibility index (Phi) is 5.59. The second-order valence-electron chi connectivity index (χ2n) is 5.38. The van der Waals surface area contributed by atoms with E-state index in [1.54, 1.807) is 6.20 Å². The first-order chi connectivity index (χ1) is 7.99. The van der Waals surface area contributed by atoms with Gasteiger partial charge in [0.25, 0.3) is 0 Å². The number of hydrogen-bond acceptors (Lipinski definition) is 3. The molecular formula is C14H24N2O. The number of nitrogens with one attached hydrogen (secondary N) is 1. The molecule has 2 N–H and O–H groups in total. The fraction of sp³-hybridized carbons (Fsp3) is 0.643. The van der Waals surface area contributed by atoms with Crippen LogP contribution in [0.2, 0.25) is 0 Å². The van der Waals surface area contributed by atoms with Gasteiger partial charge in [0.05, 0.1) is 5.60 Å². The van der Waals surface area contributed by atoms with Gasteiger partial charge in [-0.25, -0.2) is 0 Å². The zero-order valence-electron chi connectivity index (χ0n) is 11.1. The van der Waals surface area contributed by atoms with Crippen molar-refractivity contribution in [3.8, 4) is 0 Å². The van der Waals surface area contributed by atoms with Crippen molar-refractivity contribution in [2.24, 2.45) is 5.92 Å². The van der Waals surface area contributed by atoms with Crippen LogP contribution in [0.15, 0.2) is 24.5 Å². The largest absolute Gasteiger partial charge is 0.390 e.